The molecule has 242 valence electrons. The van der Waals surface area contributed by atoms with Crippen LogP contribution in [0.25, 0.3) is 0 Å². The fourth-order valence-electron chi connectivity index (χ4n) is 5.74. The quantitative estimate of drug-likeness (QED) is 0.180. The van der Waals surface area contributed by atoms with Crippen molar-refractivity contribution < 1.29 is 24.6 Å². The summed E-state index contributed by atoms with van der Waals surface area (Å²) < 4.78 is 0. The summed E-state index contributed by atoms with van der Waals surface area (Å²) in [6.07, 6.45) is -0.838. The molecule has 0 saturated carbocycles. The summed E-state index contributed by atoms with van der Waals surface area (Å²) in [5, 5.41) is 29.0. The Hall–Kier alpha value is -4.01. The Bertz CT molecular complexity index is 1390. The molecule has 0 saturated heterocycles. The molecule has 0 radical (unpaired) electrons. The molecule has 0 bridgehead atoms. The maximum Gasteiger partial charge on any atom is 0.253 e. The van der Waals surface area contributed by atoms with Crippen LogP contribution in [0.1, 0.15) is 84.4 Å². The van der Waals surface area contributed by atoms with Gasteiger partial charge in [-0.3, -0.25) is 14.4 Å². The fraction of sp³-hybridized carbons (Fsp3) is 0.432. The number of aliphatic hydroxyl groups excluding tert-OH is 2. The summed E-state index contributed by atoms with van der Waals surface area (Å²) >= 11 is 0. The van der Waals surface area contributed by atoms with Gasteiger partial charge >= 0.3 is 0 Å². The van der Waals surface area contributed by atoms with Crippen molar-refractivity contribution in [2.24, 2.45) is 5.92 Å². The van der Waals surface area contributed by atoms with Gasteiger partial charge in [0.05, 0.1) is 17.6 Å². The van der Waals surface area contributed by atoms with Crippen LogP contribution in [0, 0.1) is 12.8 Å². The van der Waals surface area contributed by atoms with E-state index in [2.05, 4.69) is 10.6 Å². The number of amides is 3. The van der Waals surface area contributed by atoms with Crippen molar-refractivity contribution in [3.05, 3.63) is 107 Å². The summed E-state index contributed by atoms with van der Waals surface area (Å²) in [7, 11) is 0. The predicted octanol–water partition coefficient (Wildman–Crippen LogP) is 5.05. The molecule has 45 heavy (non-hydrogen) atoms. The molecule has 0 aromatic heterocycles. The van der Waals surface area contributed by atoms with Gasteiger partial charge in [-0.1, -0.05) is 81.4 Å². The summed E-state index contributed by atoms with van der Waals surface area (Å²) in [5.41, 5.74) is 1.84. The second-order valence-electron chi connectivity index (χ2n) is 12.1. The van der Waals surface area contributed by atoms with Crippen LogP contribution in [0.2, 0.25) is 0 Å². The third-order valence-corrected chi connectivity index (χ3v) is 8.15. The molecule has 8 heteroatoms. The van der Waals surface area contributed by atoms with Crippen molar-refractivity contribution >= 4 is 17.7 Å². The normalized spacial score (nSPS) is 14.5. The number of rotatable bonds is 16. The molecule has 0 aliphatic carbocycles. The van der Waals surface area contributed by atoms with E-state index in [4.69, 9.17) is 0 Å². The van der Waals surface area contributed by atoms with E-state index < -0.39 is 29.6 Å². The van der Waals surface area contributed by atoms with E-state index in [1.54, 1.807) is 36.9 Å². The summed E-state index contributed by atoms with van der Waals surface area (Å²) in [6, 6.07) is 23.9. The van der Waals surface area contributed by atoms with Crippen LogP contribution in [0.4, 0.5) is 0 Å². The number of hydrogen-bond acceptors (Lipinski definition) is 5. The van der Waals surface area contributed by atoms with E-state index in [1.165, 1.54) is 0 Å². The standard InChI is InChI=1S/C37H49N3O5/c1-6-19-40(20-7-2)36(45)30-22-26(4)21-29(23-30)34(43)39-37(5,24-27-15-11-9-12-16-27)33(42)32(41)31(8-3)35(44)38-25-28-17-13-10-14-18-28/h9-18,21-23,31-33,41-42H,6-8,19-20,24-25H2,1-5H3,(H,38,44)(H,39,43)/t31-,32-,33+,37+/m1/s1. The summed E-state index contributed by atoms with van der Waals surface area (Å²) in [4.78, 5) is 42.2. The van der Waals surface area contributed by atoms with Gasteiger partial charge in [-0.05, 0) is 74.4 Å². The Labute approximate surface area is 267 Å². The molecule has 0 unspecified atom stereocenters. The van der Waals surface area contributed by atoms with Gasteiger partial charge in [-0.2, -0.15) is 0 Å². The molecular weight excluding hydrogens is 566 g/mol. The molecule has 0 aliphatic heterocycles. The van der Waals surface area contributed by atoms with Crippen molar-refractivity contribution in [2.75, 3.05) is 13.1 Å². The summed E-state index contributed by atoms with van der Waals surface area (Å²) in [5.74, 6) is -1.92. The Morgan fingerprint density at radius 2 is 1.38 bits per heavy atom. The molecule has 3 aromatic carbocycles. The molecule has 0 aliphatic rings. The minimum Gasteiger partial charge on any atom is -0.390 e. The number of aliphatic hydroxyl groups is 2. The molecule has 4 N–H and O–H groups in total. The van der Waals surface area contributed by atoms with E-state index in [0.29, 0.717) is 25.2 Å². The number of carbonyl (C=O) groups is 3. The minimum absolute atomic E-state index is 0.133. The van der Waals surface area contributed by atoms with Gasteiger partial charge in [0.25, 0.3) is 11.8 Å². The van der Waals surface area contributed by atoms with E-state index in [-0.39, 0.29) is 30.2 Å². The second kappa shape index (κ2) is 16.9. The Morgan fingerprint density at radius 1 is 0.822 bits per heavy atom. The fourth-order valence-corrected chi connectivity index (χ4v) is 5.74. The van der Waals surface area contributed by atoms with E-state index in [1.807, 2.05) is 81.4 Å². The lowest BCUT2D eigenvalue weighted by molar-refractivity contribution is -0.135. The zero-order valence-electron chi connectivity index (χ0n) is 27.3. The Balaban J connectivity index is 1.89. The molecular formula is C37H49N3O5. The molecule has 0 heterocycles. The van der Waals surface area contributed by atoms with Crippen LogP contribution in [0.15, 0.2) is 78.9 Å². The van der Waals surface area contributed by atoms with Crippen LogP contribution < -0.4 is 10.6 Å². The van der Waals surface area contributed by atoms with E-state index in [0.717, 1.165) is 29.5 Å². The number of nitrogens with one attached hydrogen (secondary N) is 2. The molecule has 3 amide bonds. The first-order valence-electron chi connectivity index (χ1n) is 16.0. The lowest BCUT2D eigenvalue weighted by Gasteiger charge is -2.40. The first-order chi connectivity index (χ1) is 21.5. The maximum absolute atomic E-state index is 13.9. The van der Waals surface area contributed by atoms with Gasteiger partial charge in [0.15, 0.2) is 0 Å². The highest BCUT2D eigenvalue weighted by Gasteiger charge is 2.43. The van der Waals surface area contributed by atoms with Crippen LogP contribution in [-0.4, -0.2) is 63.7 Å². The van der Waals surface area contributed by atoms with Crippen molar-refractivity contribution in [1.29, 1.82) is 0 Å². The second-order valence-corrected chi connectivity index (χ2v) is 12.1. The highest BCUT2D eigenvalue weighted by atomic mass is 16.3. The Morgan fingerprint density at radius 3 is 1.93 bits per heavy atom. The molecule has 0 spiro atoms. The minimum atomic E-state index is -1.50. The van der Waals surface area contributed by atoms with Gasteiger partial charge < -0.3 is 25.7 Å². The van der Waals surface area contributed by atoms with Crippen molar-refractivity contribution in [2.45, 2.75) is 84.6 Å². The topological polar surface area (TPSA) is 119 Å². The summed E-state index contributed by atoms with van der Waals surface area (Å²) in [6.45, 7) is 10.9. The highest BCUT2D eigenvalue weighted by Crippen LogP contribution is 2.26. The SMILES string of the molecule is CCCN(CCC)C(=O)c1cc(C)cc(C(=O)N[C@@](C)(Cc2ccccc2)[C@@H](O)[C@H](O)[C@@H](CC)C(=O)NCc2ccccc2)c1. The molecule has 3 aromatic rings. The van der Waals surface area contributed by atoms with Crippen LogP contribution >= 0.6 is 0 Å². The monoisotopic (exact) mass is 615 g/mol. The average Bonchev–Trinajstić information content (AvgIpc) is 3.03. The van der Waals surface area contributed by atoms with Crippen molar-refractivity contribution in [1.82, 2.24) is 15.5 Å². The lowest BCUT2D eigenvalue weighted by atomic mass is 9.79. The van der Waals surface area contributed by atoms with Crippen LogP contribution in [0.5, 0.6) is 0 Å². The van der Waals surface area contributed by atoms with Crippen molar-refractivity contribution in [3.8, 4) is 0 Å². The number of nitrogens with zero attached hydrogens (tertiary/aromatic N) is 1. The van der Waals surface area contributed by atoms with E-state index >= 15 is 0 Å². The third kappa shape index (κ3) is 9.74. The van der Waals surface area contributed by atoms with Crippen molar-refractivity contribution in [3.63, 3.8) is 0 Å². The Kier molecular flexibility index (Phi) is 13.3. The molecule has 0 fully saturated rings. The third-order valence-electron chi connectivity index (χ3n) is 8.15. The first-order valence-corrected chi connectivity index (χ1v) is 16.0. The number of hydrogen-bond donors (Lipinski definition) is 4. The largest absolute Gasteiger partial charge is 0.390 e. The predicted molar refractivity (Wildman–Crippen MR) is 178 cm³/mol. The van der Waals surface area contributed by atoms with Gasteiger partial charge in [-0.25, -0.2) is 0 Å². The molecule has 3 rings (SSSR count). The molecule has 8 nitrogen and oxygen atoms in total. The number of benzene rings is 3. The number of aryl methyl sites for hydroxylation is 1. The lowest BCUT2D eigenvalue weighted by Crippen LogP contribution is -2.62. The van der Waals surface area contributed by atoms with Gasteiger partial charge in [0.2, 0.25) is 5.91 Å². The zero-order valence-corrected chi connectivity index (χ0v) is 27.3. The van der Waals surface area contributed by atoms with Gasteiger partial charge in [0.1, 0.15) is 6.10 Å². The smallest absolute Gasteiger partial charge is 0.253 e. The number of carbonyl (C=O) groups excluding carboxylic acids is 3. The van der Waals surface area contributed by atoms with Gasteiger partial charge in [0, 0.05) is 30.8 Å². The highest BCUT2D eigenvalue weighted by molar-refractivity contribution is 6.00. The first kappa shape index (κ1) is 35.5. The molecule has 4 atom stereocenters. The van der Waals surface area contributed by atoms with Gasteiger partial charge in [-0.15, -0.1) is 0 Å². The van der Waals surface area contributed by atoms with Crippen LogP contribution in [0.3, 0.4) is 0 Å². The zero-order chi connectivity index (χ0) is 33.0. The average molecular weight is 616 g/mol. The van der Waals surface area contributed by atoms with Crippen LogP contribution in [-0.2, 0) is 17.8 Å². The maximum atomic E-state index is 13.9. The van der Waals surface area contributed by atoms with E-state index in [9.17, 15) is 24.6 Å².